The molecule has 0 fully saturated rings. The van der Waals surface area contributed by atoms with E-state index in [1.807, 2.05) is 0 Å². The van der Waals surface area contributed by atoms with Crippen molar-refractivity contribution in [2.75, 3.05) is 0 Å². The average Bonchev–Trinajstić information content (AvgIpc) is 2.38. The summed E-state index contributed by atoms with van der Waals surface area (Å²) in [5, 5.41) is 8.73. The second-order valence-electron chi connectivity index (χ2n) is 3.98. The van der Waals surface area contributed by atoms with Gasteiger partial charge in [-0.1, -0.05) is 0 Å². The molecule has 0 spiro atoms. The molecule has 4 nitrogen and oxygen atoms in total. The minimum absolute atomic E-state index is 0.0197. The highest BCUT2D eigenvalue weighted by Crippen LogP contribution is 2.28. The summed E-state index contributed by atoms with van der Waals surface area (Å²) in [4.78, 5) is 22.3. The molecule has 0 saturated carbocycles. The van der Waals surface area contributed by atoms with Gasteiger partial charge in [0.2, 0.25) is 0 Å². The Labute approximate surface area is 110 Å². The Morgan fingerprint density at radius 3 is 2.15 bits per heavy atom. The highest BCUT2D eigenvalue weighted by Gasteiger charge is 2.31. The van der Waals surface area contributed by atoms with Crippen LogP contribution in [-0.2, 0) is 6.18 Å². The standard InChI is InChI=1S/C13H8F3NO3/c14-13(15,16)9-3-6-11(18)17(7-9)10-4-1-8(2-5-10)12(19)20/h1-7H,(H,19,20). The predicted octanol–water partition coefficient (Wildman–Crippen LogP) is 2.55. The van der Waals surface area contributed by atoms with Crippen molar-refractivity contribution in [1.29, 1.82) is 0 Å². The molecule has 0 unspecified atom stereocenters. The number of hydrogen-bond donors (Lipinski definition) is 1. The monoisotopic (exact) mass is 283 g/mol. The molecule has 1 aromatic heterocycles. The van der Waals surface area contributed by atoms with Crippen LogP contribution in [0.1, 0.15) is 15.9 Å². The molecule has 7 heteroatoms. The maximum atomic E-state index is 12.6. The number of halogens is 3. The van der Waals surface area contributed by atoms with Crippen molar-refractivity contribution in [3.05, 3.63) is 64.1 Å². The van der Waals surface area contributed by atoms with Crippen LogP contribution in [0, 0.1) is 0 Å². The number of carboxylic acids is 1. The van der Waals surface area contributed by atoms with Crippen LogP contribution < -0.4 is 5.56 Å². The summed E-state index contributed by atoms with van der Waals surface area (Å²) < 4.78 is 38.6. The van der Waals surface area contributed by atoms with Gasteiger partial charge in [0.25, 0.3) is 5.56 Å². The molecule has 1 aromatic carbocycles. The fraction of sp³-hybridized carbons (Fsp3) is 0.0769. The van der Waals surface area contributed by atoms with Crippen LogP contribution in [0.2, 0.25) is 0 Å². The first-order chi connectivity index (χ1) is 9.29. The number of aromatic nitrogens is 1. The minimum atomic E-state index is -4.56. The highest BCUT2D eigenvalue weighted by atomic mass is 19.4. The number of carboxylic acid groups (broad SMARTS) is 1. The van der Waals surface area contributed by atoms with Crippen molar-refractivity contribution in [2.45, 2.75) is 6.18 Å². The van der Waals surface area contributed by atoms with Crippen molar-refractivity contribution in [2.24, 2.45) is 0 Å². The largest absolute Gasteiger partial charge is 0.478 e. The van der Waals surface area contributed by atoms with Gasteiger partial charge in [-0.05, 0) is 30.3 Å². The SMILES string of the molecule is O=C(O)c1ccc(-n2cc(C(F)(F)F)ccc2=O)cc1. The van der Waals surface area contributed by atoms with E-state index in [1.165, 1.54) is 24.3 Å². The van der Waals surface area contributed by atoms with E-state index in [1.54, 1.807) is 0 Å². The van der Waals surface area contributed by atoms with Crippen LogP contribution in [0.5, 0.6) is 0 Å². The first-order valence-electron chi connectivity index (χ1n) is 5.42. The third-order valence-electron chi connectivity index (χ3n) is 2.63. The lowest BCUT2D eigenvalue weighted by atomic mass is 10.2. The summed E-state index contributed by atoms with van der Waals surface area (Å²) in [5.41, 5.74) is -1.46. The first kappa shape index (κ1) is 13.9. The maximum absolute atomic E-state index is 12.6. The normalized spacial score (nSPS) is 11.3. The van der Waals surface area contributed by atoms with Gasteiger partial charge in [0.15, 0.2) is 0 Å². The topological polar surface area (TPSA) is 59.3 Å². The van der Waals surface area contributed by atoms with Gasteiger partial charge in [-0.25, -0.2) is 4.79 Å². The Morgan fingerprint density at radius 1 is 1.05 bits per heavy atom. The van der Waals surface area contributed by atoms with Gasteiger partial charge < -0.3 is 5.11 Å². The van der Waals surface area contributed by atoms with E-state index in [-0.39, 0.29) is 11.3 Å². The molecule has 0 aliphatic heterocycles. The van der Waals surface area contributed by atoms with Crippen molar-refractivity contribution in [3.63, 3.8) is 0 Å². The molecule has 0 aliphatic carbocycles. The van der Waals surface area contributed by atoms with E-state index in [2.05, 4.69) is 0 Å². The van der Waals surface area contributed by atoms with Gasteiger partial charge in [-0.3, -0.25) is 9.36 Å². The quantitative estimate of drug-likeness (QED) is 0.921. The Bertz CT molecular complexity index is 702. The number of alkyl halides is 3. The third-order valence-corrected chi connectivity index (χ3v) is 2.63. The lowest BCUT2D eigenvalue weighted by Gasteiger charge is -2.10. The zero-order valence-corrected chi connectivity index (χ0v) is 9.89. The fourth-order valence-electron chi connectivity index (χ4n) is 1.62. The molecular weight excluding hydrogens is 275 g/mol. The molecule has 0 saturated heterocycles. The zero-order chi connectivity index (χ0) is 14.9. The summed E-state index contributed by atoms with van der Waals surface area (Å²) >= 11 is 0. The van der Waals surface area contributed by atoms with Crippen LogP contribution in [0.15, 0.2) is 47.4 Å². The molecule has 104 valence electrons. The smallest absolute Gasteiger partial charge is 0.417 e. The Balaban J connectivity index is 2.52. The second-order valence-corrected chi connectivity index (χ2v) is 3.98. The van der Waals surface area contributed by atoms with Gasteiger partial charge in [0.1, 0.15) is 0 Å². The summed E-state index contributed by atoms with van der Waals surface area (Å²) in [6.45, 7) is 0. The molecule has 1 heterocycles. The predicted molar refractivity (Wildman–Crippen MR) is 64.0 cm³/mol. The molecule has 1 N–H and O–H groups in total. The van der Waals surface area contributed by atoms with Gasteiger partial charge in [-0.2, -0.15) is 13.2 Å². The van der Waals surface area contributed by atoms with Crippen LogP contribution >= 0.6 is 0 Å². The van der Waals surface area contributed by atoms with Gasteiger partial charge in [0.05, 0.1) is 11.1 Å². The summed E-state index contributed by atoms with van der Waals surface area (Å²) in [5.74, 6) is -1.16. The summed E-state index contributed by atoms with van der Waals surface area (Å²) in [6.07, 6.45) is -3.88. The molecule has 0 atom stereocenters. The van der Waals surface area contributed by atoms with Crippen LogP contribution in [0.4, 0.5) is 13.2 Å². The van der Waals surface area contributed by atoms with Crippen LogP contribution in [0.25, 0.3) is 5.69 Å². The molecule has 0 aliphatic rings. The molecular formula is C13H8F3NO3. The van der Waals surface area contributed by atoms with Crippen molar-refractivity contribution in [3.8, 4) is 5.69 Å². The highest BCUT2D eigenvalue weighted by molar-refractivity contribution is 5.87. The average molecular weight is 283 g/mol. The van der Waals surface area contributed by atoms with E-state index in [0.29, 0.717) is 12.3 Å². The number of carbonyl (C=O) groups is 1. The number of benzene rings is 1. The number of rotatable bonds is 2. The lowest BCUT2D eigenvalue weighted by molar-refractivity contribution is -0.138. The van der Waals surface area contributed by atoms with E-state index >= 15 is 0 Å². The van der Waals surface area contributed by atoms with Gasteiger partial charge in [0, 0.05) is 18.0 Å². The Kier molecular flexibility index (Phi) is 3.35. The van der Waals surface area contributed by atoms with Gasteiger partial charge >= 0.3 is 12.1 Å². The zero-order valence-electron chi connectivity index (χ0n) is 9.89. The van der Waals surface area contributed by atoms with Crippen molar-refractivity contribution in [1.82, 2.24) is 4.57 Å². The van der Waals surface area contributed by atoms with Crippen molar-refractivity contribution < 1.29 is 23.1 Å². The number of hydrogen-bond acceptors (Lipinski definition) is 2. The van der Waals surface area contributed by atoms with Crippen LogP contribution in [-0.4, -0.2) is 15.6 Å². The van der Waals surface area contributed by atoms with Crippen LogP contribution in [0.3, 0.4) is 0 Å². The Morgan fingerprint density at radius 2 is 1.65 bits per heavy atom. The third kappa shape index (κ3) is 2.71. The maximum Gasteiger partial charge on any atom is 0.417 e. The fourth-order valence-corrected chi connectivity index (χ4v) is 1.62. The molecule has 0 radical (unpaired) electrons. The minimum Gasteiger partial charge on any atom is -0.478 e. The molecule has 2 aromatic rings. The summed E-state index contributed by atoms with van der Waals surface area (Å²) in [7, 11) is 0. The van der Waals surface area contributed by atoms with Crippen molar-refractivity contribution >= 4 is 5.97 Å². The number of nitrogens with zero attached hydrogens (tertiary/aromatic N) is 1. The molecule has 20 heavy (non-hydrogen) atoms. The number of aromatic carboxylic acids is 1. The first-order valence-corrected chi connectivity index (χ1v) is 5.42. The van der Waals surface area contributed by atoms with E-state index in [0.717, 1.165) is 10.6 Å². The lowest BCUT2D eigenvalue weighted by Crippen LogP contribution is -2.19. The number of pyridine rings is 1. The summed E-state index contributed by atoms with van der Waals surface area (Å²) in [6, 6.07) is 6.48. The van der Waals surface area contributed by atoms with E-state index in [9.17, 15) is 22.8 Å². The molecule has 0 bridgehead atoms. The second kappa shape index (κ2) is 4.84. The van der Waals surface area contributed by atoms with E-state index < -0.39 is 23.3 Å². The molecule has 2 rings (SSSR count). The Hall–Kier alpha value is -2.57. The van der Waals surface area contributed by atoms with E-state index in [4.69, 9.17) is 5.11 Å². The molecule has 0 amide bonds. The van der Waals surface area contributed by atoms with Gasteiger partial charge in [-0.15, -0.1) is 0 Å².